The van der Waals surface area contributed by atoms with Crippen LogP contribution in [0.1, 0.15) is 38.5 Å². The number of nitrogens with two attached hydrogens (primary N) is 1. The first-order valence-electron chi connectivity index (χ1n) is 9.99. The highest BCUT2D eigenvalue weighted by atomic mass is 35.5. The van der Waals surface area contributed by atoms with Crippen molar-refractivity contribution in [2.45, 2.75) is 49.7 Å². The monoisotopic (exact) mass is 472 g/mol. The van der Waals surface area contributed by atoms with Gasteiger partial charge in [0.15, 0.2) is 9.84 Å². The first-order valence-corrected chi connectivity index (χ1v) is 12.3. The Kier molecular flexibility index (Phi) is 7.02. The lowest BCUT2D eigenvalue weighted by molar-refractivity contribution is -0.132. The van der Waals surface area contributed by atoms with Crippen molar-refractivity contribution >= 4 is 27.3 Å². The molecule has 2 aromatic rings. The quantitative estimate of drug-likeness (QED) is 0.657. The van der Waals surface area contributed by atoms with E-state index in [1.165, 1.54) is 23.1 Å². The molecule has 1 saturated heterocycles. The summed E-state index contributed by atoms with van der Waals surface area (Å²) < 4.78 is 42.4. The number of carbonyl (C=O) groups excluding carboxylic acids is 1. The van der Waals surface area contributed by atoms with Gasteiger partial charge in [-0.2, -0.15) is 4.98 Å². The third-order valence-electron chi connectivity index (χ3n) is 5.25. The van der Waals surface area contributed by atoms with Gasteiger partial charge in [0.2, 0.25) is 17.6 Å². The molecule has 170 valence electrons. The van der Waals surface area contributed by atoms with Crippen LogP contribution in [0.3, 0.4) is 0 Å². The summed E-state index contributed by atoms with van der Waals surface area (Å²) in [7, 11) is -3.41. The van der Waals surface area contributed by atoms with Crippen LogP contribution in [0.5, 0.6) is 0 Å². The molecule has 0 unspecified atom stereocenters. The number of nitrogens with zero attached hydrogens (tertiary/aromatic N) is 3. The van der Waals surface area contributed by atoms with Crippen molar-refractivity contribution in [2.24, 2.45) is 11.7 Å². The molecule has 0 bridgehead atoms. The van der Waals surface area contributed by atoms with Crippen LogP contribution in [0.4, 0.5) is 4.39 Å². The standard InChI is InChI=1S/C20H26ClFN4O4S/c1-11(2)8-15(17(23)20(27)26-7-6-12(22)10-26)19-24-18(25-30-19)14-5-4-13(9-16(14)21)31(3,28)29/h4-5,9,11-12,15,17H,6-8,10,23H2,1-3H3/t12-,15-,17-/m0/s1. The Morgan fingerprint density at radius 1 is 1.42 bits per heavy atom. The summed E-state index contributed by atoms with van der Waals surface area (Å²) in [6.45, 7) is 4.34. The second kappa shape index (κ2) is 9.22. The van der Waals surface area contributed by atoms with Crippen LogP contribution in [0.25, 0.3) is 11.4 Å². The van der Waals surface area contributed by atoms with Crippen molar-refractivity contribution < 1.29 is 22.1 Å². The molecule has 1 fully saturated rings. The molecule has 3 rings (SSSR count). The van der Waals surface area contributed by atoms with E-state index in [-0.39, 0.29) is 40.0 Å². The highest BCUT2D eigenvalue weighted by Gasteiger charge is 2.36. The van der Waals surface area contributed by atoms with Gasteiger partial charge in [-0.1, -0.05) is 30.6 Å². The molecule has 0 radical (unpaired) electrons. The second-order valence-electron chi connectivity index (χ2n) is 8.30. The lowest BCUT2D eigenvalue weighted by atomic mass is 9.90. The molecule has 1 aromatic carbocycles. The number of amides is 1. The van der Waals surface area contributed by atoms with Crippen molar-refractivity contribution in [3.8, 4) is 11.4 Å². The van der Waals surface area contributed by atoms with Gasteiger partial charge in [0, 0.05) is 18.4 Å². The minimum atomic E-state index is -3.41. The molecule has 3 atom stereocenters. The van der Waals surface area contributed by atoms with Crippen molar-refractivity contribution in [2.75, 3.05) is 19.3 Å². The Morgan fingerprint density at radius 3 is 2.68 bits per heavy atom. The number of alkyl halides is 1. The molecule has 1 aromatic heterocycles. The molecule has 1 aliphatic heterocycles. The number of likely N-dealkylation sites (tertiary alicyclic amines) is 1. The van der Waals surface area contributed by atoms with Gasteiger partial charge in [0.1, 0.15) is 6.17 Å². The van der Waals surface area contributed by atoms with Crippen LogP contribution >= 0.6 is 11.6 Å². The van der Waals surface area contributed by atoms with Gasteiger partial charge >= 0.3 is 0 Å². The topological polar surface area (TPSA) is 119 Å². The third-order valence-corrected chi connectivity index (χ3v) is 6.68. The zero-order chi connectivity index (χ0) is 22.9. The van der Waals surface area contributed by atoms with E-state index in [4.69, 9.17) is 21.9 Å². The first kappa shape index (κ1) is 23.6. The maximum atomic E-state index is 13.5. The van der Waals surface area contributed by atoms with E-state index >= 15 is 0 Å². The van der Waals surface area contributed by atoms with Gasteiger partial charge in [-0.15, -0.1) is 0 Å². The molecule has 31 heavy (non-hydrogen) atoms. The predicted molar refractivity (Wildman–Crippen MR) is 114 cm³/mol. The minimum Gasteiger partial charge on any atom is -0.339 e. The molecule has 0 spiro atoms. The first-order chi connectivity index (χ1) is 14.5. The maximum absolute atomic E-state index is 13.5. The zero-order valence-electron chi connectivity index (χ0n) is 17.6. The molecule has 11 heteroatoms. The molecular weight excluding hydrogens is 447 g/mol. The fraction of sp³-hybridized carbons (Fsp3) is 0.550. The highest BCUT2D eigenvalue weighted by molar-refractivity contribution is 7.90. The molecule has 2 heterocycles. The van der Waals surface area contributed by atoms with E-state index in [1.807, 2.05) is 13.8 Å². The summed E-state index contributed by atoms with van der Waals surface area (Å²) in [5.74, 6) is -0.367. The molecule has 0 aliphatic carbocycles. The highest BCUT2D eigenvalue weighted by Crippen LogP contribution is 2.32. The van der Waals surface area contributed by atoms with Gasteiger partial charge in [-0.05, 0) is 37.0 Å². The van der Waals surface area contributed by atoms with E-state index in [1.54, 1.807) is 0 Å². The average Bonchev–Trinajstić information content (AvgIpc) is 3.33. The van der Waals surface area contributed by atoms with Gasteiger partial charge in [-0.3, -0.25) is 4.79 Å². The van der Waals surface area contributed by atoms with Crippen LogP contribution < -0.4 is 5.73 Å². The van der Waals surface area contributed by atoms with Crippen LogP contribution in [-0.4, -0.2) is 60.9 Å². The number of halogens is 2. The molecule has 1 amide bonds. The summed E-state index contributed by atoms with van der Waals surface area (Å²) in [6, 6.07) is 3.28. The van der Waals surface area contributed by atoms with Gasteiger partial charge in [0.25, 0.3) is 0 Å². The van der Waals surface area contributed by atoms with Crippen molar-refractivity contribution in [3.05, 3.63) is 29.1 Å². The number of sulfone groups is 1. The minimum absolute atomic E-state index is 0.0400. The van der Waals surface area contributed by atoms with Gasteiger partial charge < -0.3 is 15.2 Å². The normalized spacial score (nSPS) is 19.1. The van der Waals surface area contributed by atoms with Crippen LogP contribution in [0.2, 0.25) is 5.02 Å². The summed E-state index contributed by atoms with van der Waals surface area (Å²) in [5.41, 5.74) is 6.67. The predicted octanol–water partition coefficient (Wildman–Crippen LogP) is 2.82. The Hall–Kier alpha value is -2.04. The van der Waals surface area contributed by atoms with E-state index in [2.05, 4.69) is 10.1 Å². The number of hydrogen-bond donors (Lipinski definition) is 1. The lowest BCUT2D eigenvalue weighted by Gasteiger charge is -2.26. The van der Waals surface area contributed by atoms with Gasteiger partial charge in [0.05, 0.1) is 28.4 Å². The van der Waals surface area contributed by atoms with E-state index in [0.29, 0.717) is 24.9 Å². The largest absolute Gasteiger partial charge is 0.339 e. The van der Waals surface area contributed by atoms with E-state index in [0.717, 1.165) is 6.26 Å². The fourth-order valence-corrected chi connectivity index (χ4v) is 4.59. The second-order valence-corrected chi connectivity index (χ2v) is 10.7. The Morgan fingerprint density at radius 2 is 2.13 bits per heavy atom. The summed E-state index contributed by atoms with van der Waals surface area (Å²) in [6.07, 6.45) is 0.875. The summed E-state index contributed by atoms with van der Waals surface area (Å²) in [4.78, 5) is 18.7. The van der Waals surface area contributed by atoms with Gasteiger partial charge in [-0.25, -0.2) is 12.8 Å². The Bertz CT molecular complexity index is 1060. The van der Waals surface area contributed by atoms with E-state index in [9.17, 15) is 17.6 Å². The summed E-state index contributed by atoms with van der Waals surface area (Å²) in [5, 5.41) is 4.11. The SMILES string of the molecule is CC(C)C[C@H](c1nc(-c2ccc(S(C)(=O)=O)cc2Cl)no1)[C@H](N)C(=O)N1CC[C@H](F)C1. The number of carbonyl (C=O) groups is 1. The maximum Gasteiger partial charge on any atom is 0.240 e. The molecule has 0 saturated carbocycles. The smallest absolute Gasteiger partial charge is 0.240 e. The molecule has 2 N–H and O–H groups in total. The molecule has 8 nitrogen and oxygen atoms in total. The fourth-order valence-electron chi connectivity index (χ4n) is 3.61. The van der Waals surface area contributed by atoms with Crippen molar-refractivity contribution in [3.63, 3.8) is 0 Å². The summed E-state index contributed by atoms with van der Waals surface area (Å²) >= 11 is 6.25. The molecular formula is C20H26ClFN4O4S. The van der Waals surface area contributed by atoms with Crippen LogP contribution in [0, 0.1) is 5.92 Å². The number of benzene rings is 1. The third kappa shape index (κ3) is 5.42. The average molecular weight is 473 g/mol. The van der Waals surface area contributed by atoms with Crippen molar-refractivity contribution in [1.82, 2.24) is 15.0 Å². The van der Waals surface area contributed by atoms with Crippen molar-refractivity contribution in [1.29, 1.82) is 0 Å². The lowest BCUT2D eigenvalue weighted by Crippen LogP contribution is -2.46. The molecule has 1 aliphatic rings. The number of rotatable bonds is 7. The zero-order valence-corrected chi connectivity index (χ0v) is 19.2. The van der Waals surface area contributed by atoms with E-state index < -0.39 is 28.0 Å². The number of aromatic nitrogens is 2. The van der Waals surface area contributed by atoms with Crippen LogP contribution in [0.15, 0.2) is 27.6 Å². The number of hydrogen-bond acceptors (Lipinski definition) is 7. The van der Waals surface area contributed by atoms with Crippen LogP contribution in [-0.2, 0) is 14.6 Å². The Balaban J connectivity index is 1.88. The Labute approximate surface area is 185 Å².